The van der Waals surface area contributed by atoms with Crippen LogP contribution in [-0.2, 0) is 19.1 Å². The van der Waals surface area contributed by atoms with Gasteiger partial charge >= 0.3 is 5.97 Å². The van der Waals surface area contributed by atoms with Crippen LogP contribution in [0.3, 0.4) is 0 Å². The Labute approximate surface area is 158 Å². The fraction of sp³-hybridized carbons (Fsp3) is 0.900. The van der Waals surface area contributed by atoms with E-state index in [1.54, 1.807) is 0 Å². The number of amides is 1. The van der Waals surface area contributed by atoms with Crippen molar-refractivity contribution >= 4 is 11.9 Å². The van der Waals surface area contributed by atoms with Gasteiger partial charge in [-0.25, -0.2) is 0 Å². The minimum absolute atomic E-state index is 0.180. The average Bonchev–Trinajstić information content (AvgIpc) is 2.70. The monoisotopic (exact) mass is 368 g/mol. The highest BCUT2D eigenvalue weighted by atomic mass is 16.5. The van der Waals surface area contributed by atoms with Gasteiger partial charge in [0.1, 0.15) is 0 Å². The van der Waals surface area contributed by atoms with Crippen LogP contribution < -0.4 is 0 Å². The van der Waals surface area contributed by atoms with E-state index in [9.17, 15) is 9.59 Å². The van der Waals surface area contributed by atoms with Crippen molar-refractivity contribution in [3.63, 3.8) is 0 Å². The Morgan fingerprint density at radius 2 is 1.88 bits per heavy atom. The predicted molar refractivity (Wildman–Crippen MR) is 101 cm³/mol. The molecule has 0 radical (unpaired) electrons. The van der Waals surface area contributed by atoms with Gasteiger partial charge in [0.2, 0.25) is 5.91 Å². The smallest absolute Gasteiger partial charge is 0.310 e. The van der Waals surface area contributed by atoms with E-state index in [0.29, 0.717) is 25.4 Å². The molecular formula is C20H36N2O4. The molecule has 0 aromatic rings. The Hall–Kier alpha value is -1.14. The topological polar surface area (TPSA) is 59.1 Å². The molecule has 26 heavy (non-hydrogen) atoms. The lowest BCUT2D eigenvalue weighted by Gasteiger charge is -2.31. The number of hydrogen-bond donors (Lipinski definition) is 0. The van der Waals surface area contributed by atoms with Crippen molar-refractivity contribution < 1.29 is 19.1 Å². The van der Waals surface area contributed by atoms with Crippen LogP contribution in [-0.4, -0.2) is 74.7 Å². The summed E-state index contributed by atoms with van der Waals surface area (Å²) in [4.78, 5) is 28.8. The fourth-order valence-electron chi connectivity index (χ4n) is 3.97. The summed E-state index contributed by atoms with van der Waals surface area (Å²) in [5.41, 5.74) is 0. The van der Waals surface area contributed by atoms with Gasteiger partial charge in [-0.15, -0.1) is 0 Å². The molecule has 1 saturated heterocycles. The molecule has 1 atom stereocenters. The highest BCUT2D eigenvalue weighted by Crippen LogP contribution is 2.27. The number of nitrogens with zero attached hydrogens (tertiary/aromatic N) is 2. The number of hydrogen-bond acceptors (Lipinski definition) is 5. The molecule has 1 amide bonds. The zero-order chi connectivity index (χ0) is 18.8. The lowest BCUT2D eigenvalue weighted by atomic mass is 9.86. The number of morpholine rings is 1. The zero-order valence-electron chi connectivity index (χ0n) is 16.6. The minimum atomic E-state index is -0.289. The molecule has 1 heterocycles. The van der Waals surface area contributed by atoms with Crippen molar-refractivity contribution in [2.24, 2.45) is 11.8 Å². The van der Waals surface area contributed by atoms with Crippen LogP contribution in [0.15, 0.2) is 0 Å². The second-order valence-corrected chi connectivity index (χ2v) is 7.76. The molecule has 1 saturated carbocycles. The van der Waals surface area contributed by atoms with Gasteiger partial charge in [-0.2, -0.15) is 0 Å². The number of rotatable bonds is 9. The maximum atomic E-state index is 12.8. The molecule has 0 aromatic heterocycles. The maximum absolute atomic E-state index is 12.8. The molecule has 150 valence electrons. The molecule has 0 bridgehead atoms. The summed E-state index contributed by atoms with van der Waals surface area (Å²) in [6.45, 7) is 7.13. The Morgan fingerprint density at radius 3 is 2.54 bits per heavy atom. The van der Waals surface area contributed by atoms with Crippen molar-refractivity contribution in [3.05, 3.63) is 0 Å². The standard InChI is InChI=1S/C20H36N2O4/c1-17(20(24)25-2)16-22(11-10-21-12-14-26-15-13-21)19(23)9-8-18-6-4-3-5-7-18/h17-18H,3-16H2,1-2H3. The van der Waals surface area contributed by atoms with E-state index in [4.69, 9.17) is 9.47 Å². The number of esters is 1. The van der Waals surface area contributed by atoms with E-state index in [1.165, 1.54) is 39.2 Å². The molecule has 2 rings (SSSR count). The quantitative estimate of drug-likeness (QED) is 0.585. The number of carbonyl (C=O) groups excluding carboxylic acids is 2. The first-order valence-electron chi connectivity index (χ1n) is 10.3. The minimum Gasteiger partial charge on any atom is -0.469 e. The van der Waals surface area contributed by atoms with E-state index < -0.39 is 0 Å². The summed E-state index contributed by atoms with van der Waals surface area (Å²) in [7, 11) is 1.40. The third-order valence-electron chi connectivity index (χ3n) is 5.73. The van der Waals surface area contributed by atoms with Gasteiger partial charge in [0, 0.05) is 39.1 Å². The summed E-state index contributed by atoms with van der Waals surface area (Å²) in [6, 6.07) is 0. The van der Waals surface area contributed by atoms with Gasteiger partial charge in [-0.3, -0.25) is 14.5 Å². The van der Waals surface area contributed by atoms with Gasteiger partial charge < -0.3 is 14.4 Å². The molecule has 0 spiro atoms. The largest absolute Gasteiger partial charge is 0.469 e. The Morgan fingerprint density at radius 1 is 1.19 bits per heavy atom. The van der Waals surface area contributed by atoms with E-state index in [-0.39, 0.29) is 17.8 Å². The highest BCUT2D eigenvalue weighted by Gasteiger charge is 2.23. The van der Waals surface area contributed by atoms with Crippen LogP contribution in [0.5, 0.6) is 0 Å². The third kappa shape index (κ3) is 7.23. The fourth-order valence-corrected chi connectivity index (χ4v) is 3.97. The Balaban J connectivity index is 1.84. The van der Waals surface area contributed by atoms with E-state index in [0.717, 1.165) is 39.3 Å². The van der Waals surface area contributed by atoms with Crippen molar-refractivity contribution in [1.29, 1.82) is 0 Å². The normalized spacial score (nSPS) is 20.5. The SMILES string of the molecule is COC(=O)C(C)CN(CCN1CCOCC1)C(=O)CCC1CCCCC1. The summed E-state index contributed by atoms with van der Waals surface area (Å²) in [5, 5.41) is 0. The van der Waals surface area contributed by atoms with Crippen LogP contribution in [0.1, 0.15) is 51.9 Å². The molecule has 0 N–H and O–H groups in total. The maximum Gasteiger partial charge on any atom is 0.310 e. The van der Waals surface area contributed by atoms with Crippen LogP contribution in [0.2, 0.25) is 0 Å². The summed E-state index contributed by atoms with van der Waals surface area (Å²) >= 11 is 0. The lowest BCUT2D eigenvalue weighted by Crippen LogP contribution is -2.45. The van der Waals surface area contributed by atoms with Crippen molar-refractivity contribution in [2.75, 3.05) is 53.0 Å². The van der Waals surface area contributed by atoms with Gasteiger partial charge in [0.15, 0.2) is 0 Å². The van der Waals surface area contributed by atoms with E-state index >= 15 is 0 Å². The van der Waals surface area contributed by atoms with Crippen LogP contribution in [0, 0.1) is 11.8 Å². The summed E-state index contributed by atoms with van der Waals surface area (Å²) in [5.74, 6) is 0.344. The molecule has 1 aliphatic heterocycles. The van der Waals surface area contributed by atoms with Crippen LogP contribution in [0.25, 0.3) is 0 Å². The number of ether oxygens (including phenoxy) is 2. The van der Waals surface area contributed by atoms with Crippen molar-refractivity contribution in [2.45, 2.75) is 51.9 Å². The first kappa shape index (κ1) is 21.2. The molecule has 2 fully saturated rings. The first-order chi connectivity index (χ1) is 12.6. The molecular weight excluding hydrogens is 332 g/mol. The van der Waals surface area contributed by atoms with E-state index in [2.05, 4.69) is 4.90 Å². The predicted octanol–water partition coefficient (Wildman–Crippen LogP) is 2.32. The first-order valence-corrected chi connectivity index (χ1v) is 10.3. The van der Waals surface area contributed by atoms with Crippen molar-refractivity contribution in [3.8, 4) is 0 Å². The van der Waals surface area contributed by atoms with Crippen molar-refractivity contribution in [1.82, 2.24) is 9.80 Å². The lowest BCUT2D eigenvalue weighted by molar-refractivity contribution is -0.146. The Bertz CT molecular complexity index is 432. The van der Waals surface area contributed by atoms with Crippen LogP contribution in [0.4, 0.5) is 0 Å². The Kier molecular flexibility index (Phi) is 9.40. The van der Waals surface area contributed by atoms with E-state index in [1.807, 2.05) is 11.8 Å². The molecule has 1 aliphatic carbocycles. The van der Waals surface area contributed by atoms with Gasteiger partial charge in [-0.05, 0) is 12.3 Å². The third-order valence-corrected chi connectivity index (χ3v) is 5.73. The van der Waals surface area contributed by atoms with Gasteiger partial charge in [0.05, 0.1) is 26.2 Å². The highest BCUT2D eigenvalue weighted by molar-refractivity contribution is 5.78. The summed E-state index contributed by atoms with van der Waals surface area (Å²) in [6.07, 6.45) is 8.06. The molecule has 6 heteroatoms. The number of carbonyl (C=O) groups is 2. The van der Waals surface area contributed by atoms with Gasteiger partial charge in [0.25, 0.3) is 0 Å². The second-order valence-electron chi connectivity index (χ2n) is 7.76. The molecule has 1 unspecified atom stereocenters. The summed E-state index contributed by atoms with van der Waals surface area (Å²) < 4.78 is 10.2. The second kappa shape index (κ2) is 11.5. The molecule has 6 nitrogen and oxygen atoms in total. The molecule has 0 aromatic carbocycles. The zero-order valence-corrected chi connectivity index (χ0v) is 16.6. The average molecular weight is 369 g/mol. The van der Waals surface area contributed by atoms with Crippen LogP contribution >= 0.6 is 0 Å². The molecule has 2 aliphatic rings. The van der Waals surface area contributed by atoms with Gasteiger partial charge in [-0.1, -0.05) is 39.0 Å². The number of methoxy groups -OCH3 is 1.